The number of carbonyl (C=O) groups is 1. The Kier molecular flexibility index (Phi) is 4.08. The molecule has 1 amide bonds. The van der Waals surface area contributed by atoms with E-state index in [-0.39, 0.29) is 5.91 Å². The molecule has 0 unspecified atom stereocenters. The summed E-state index contributed by atoms with van der Waals surface area (Å²) in [5.74, 6) is -0.0617. The molecule has 2 aromatic rings. The second-order valence-corrected chi connectivity index (χ2v) is 4.98. The molecule has 0 radical (unpaired) electrons. The van der Waals surface area contributed by atoms with E-state index in [0.29, 0.717) is 6.54 Å². The molecule has 5 heteroatoms. The molecule has 0 saturated carbocycles. The van der Waals surface area contributed by atoms with Crippen LogP contribution in [0, 0.1) is 13.8 Å². The van der Waals surface area contributed by atoms with E-state index in [1.54, 1.807) is 0 Å². The van der Waals surface area contributed by atoms with Crippen molar-refractivity contribution >= 4 is 17.3 Å². The van der Waals surface area contributed by atoms with Crippen LogP contribution in [0.3, 0.4) is 0 Å². The van der Waals surface area contributed by atoms with Gasteiger partial charge in [-0.3, -0.25) is 9.48 Å². The standard InChI is InChI=1S/C15H20N4O/c1-10-5-6-14(7-15(10)17-12(3)20)16-8-13-9-19(4)18-11(13)2/h5-7,9,16H,8H2,1-4H3,(H,17,20). The number of amides is 1. The molecule has 0 aliphatic carbocycles. The van der Waals surface area contributed by atoms with Crippen LogP contribution in [-0.2, 0) is 18.4 Å². The first-order chi connectivity index (χ1) is 9.45. The van der Waals surface area contributed by atoms with Gasteiger partial charge in [-0.25, -0.2) is 0 Å². The molecule has 0 atom stereocenters. The van der Waals surface area contributed by atoms with Crippen LogP contribution >= 0.6 is 0 Å². The van der Waals surface area contributed by atoms with Crippen molar-refractivity contribution in [3.8, 4) is 0 Å². The molecule has 20 heavy (non-hydrogen) atoms. The van der Waals surface area contributed by atoms with E-state index in [1.165, 1.54) is 6.92 Å². The quantitative estimate of drug-likeness (QED) is 0.899. The largest absolute Gasteiger partial charge is 0.381 e. The Morgan fingerprint density at radius 2 is 2.10 bits per heavy atom. The number of aromatic nitrogens is 2. The van der Waals surface area contributed by atoms with Gasteiger partial charge >= 0.3 is 0 Å². The lowest BCUT2D eigenvalue weighted by atomic mass is 10.1. The highest BCUT2D eigenvalue weighted by molar-refractivity contribution is 5.90. The highest BCUT2D eigenvalue weighted by Crippen LogP contribution is 2.21. The molecule has 0 aliphatic rings. The number of rotatable bonds is 4. The Hall–Kier alpha value is -2.30. The molecule has 0 saturated heterocycles. The van der Waals surface area contributed by atoms with Crippen LogP contribution in [0.25, 0.3) is 0 Å². The third-order valence-corrected chi connectivity index (χ3v) is 3.15. The van der Waals surface area contributed by atoms with Crippen molar-refractivity contribution in [2.75, 3.05) is 10.6 Å². The SMILES string of the molecule is CC(=O)Nc1cc(NCc2cn(C)nc2C)ccc1C. The van der Waals surface area contributed by atoms with Crippen LogP contribution in [0.1, 0.15) is 23.7 Å². The van der Waals surface area contributed by atoms with E-state index < -0.39 is 0 Å². The van der Waals surface area contributed by atoms with E-state index in [0.717, 1.165) is 28.2 Å². The van der Waals surface area contributed by atoms with Gasteiger partial charge in [0.05, 0.1) is 5.69 Å². The number of anilines is 2. The second kappa shape index (κ2) is 5.77. The smallest absolute Gasteiger partial charge is 0.221 e. The summed E-state index contributed by atoms with van der Waals surface area (Å²) < 4.78 is 1.81. The molecule has 2 N–H and O–H groups in total. The van der Waals surface area contributed by atoms with Gasteiger partial charge in [0, 0.05) is 43.7 Å². The average Bonchev–Trinajstić information content (AvgIpc) is 2.68. The van der Waals surface area contributed by atoms with Crippen molar-refractivity contribution in [2.45, 2.75) is 27.3 Å². The first-order valence-electron chi connectivity index (χ1n) is 6.57. The number of nitrogens with one attached hydrogen (secondary N) is 2. The minimum atomic E-state index is -0.0617. The number of carbonyl (C=O) groups excluding carboxylic acids is 1. The minimum absolute atomic E-state index is 0.0617. The number of nitrogens with zero attached hydrogens (tertiary/aromatic N) is 2. The van der Waals surface area contributed by atoms with Gasteiger partial charge in [-0.15, -0.1) is 0 Å². The first kappa shape index (κ1) is 14.1. The Morgan fingerprint density at radius 3 is 2.70 bits per heavy atom. The number of aryl methyl sites for hydroxylation is 3. The summed E-state index contributed by atoms with van der Waals surface area (Å²) in [5, 5.41) is 10.5. The predicted octanol–water partition coefficient (Wildman–Crippen LogP) is 2.61. The van der Waals surface area contributed by atoms with Gasteiger partial charge in [0.15, 0.2) is 0 Å². The average molecular weight is 272 g/mol. The lowest BCUT2D eigenvalue weighted by Gasteiger charge is -2.11. The van der Waals surface area contributed by atoms with Gasteiger partial charge in [-0.2, -0.15) is 5.10 Å². The third kappa shape index (κ3) is 3.38. The van der Waals surface area contributed by atoms with Crippen LogP contribution in [0.15, 0.2) is 24.4 Å². The van der Waals surface area contributed by atoms with Crippen LogP contribution in [0.5, 0.6) is 0 Å². The van der Waals surface area contributed by atoms with Gasteiger partial charge in [-0.1, -0.05) is 6.07 Å². The van der Waals surface area contributed by atoms with Crippen molar-refractivity contribution in [3.05, 3.63) is 41.2 Å². The summed E-state index contributed by atoms with van der Waals surface area (Å²) in [4.78, 5) is 11.2. The molecular weight excluding hydrogens is 252 g/mol. The van der Waals surface area contributed by atoms with E-state index in [2.05, 4.69) is 15.7 Å². The van der Waals surface area contributed by atoms with Crippen LogP contribution in [-0.4, -0.2) is 15.7 Å². The normalized spacial score (nSPS) is 10.4. The van der Waals surface area contributed by atoms with E-state index in [1.807, 2.05) is 50.0 Å². The van der Waals surface area contributed by atoms with E-state index in [9.17, 15) is 4.79 Å². The summed E-state index contributed by atoms with van der Waals surface area (Å²) >= 11 is 0. The van der Waals surface area contributed by atoms with Crippen LogP contribution in [0.4, 0.5) is 11.4 Å². The fraction of sp³-hybridized carbons (Fsp3) is 0.333. The highest BCUT2D eigenvalue weighted by atomic mass is 16.1. The van der Waals surface area contributed by atoms with Crippen LogP contribution in [0.2, 0.25) is 0 Å². The lowest BCUT2D eigenvalue weighted by Crippen LogP contribution is -2.08. The zero-order valence-corrected chi connectivity index (χ0v) is 12.3. The van der Waals surface area contributed by atoms with Gasteiger partial charge < -0.3 is 10.6 Å². The summed E-state index contributed by atoms with van der Waals surface area (Å²) in [7, 11) is 1.91. The Labute approximate surface area is 119 Å². The molecule has 0 aliphatic heterocycles. The summed E-state index contributed by atoms with van der Waals surface area (Å²) in [6, 6.07) is 5.94. The maximum Gasteiger partial charge on any atom is 0.221 e. The van der Waals surface area contributed by atoms with Gasteiger partial charge in [0.2, 0.25) is 5.91 Å². The Morgan fingerprint density at radius 1 is 1.35 bits per heavy atom. The maximum atomic E-state index is 11.2. The van der Waals surface area contributed by atoms with Crippen molar-refractivity contribution in [2.24, 2.45) is 7.05 Å². The van der Waals surface area contributed by atoms with Crippen molar-refractivity contribution < 1.29 is 4.79 Å². The van der Waals surface area contributed by atoms with Crippen molar-refractivity contribution in [1.29, 1.82) is 0 Å². The highest BCUT2D eigenvalue weighted by Gasteiger charge is 2.05. The third-order valence-electron chi connectivity index (χ3n) is 3.15. The summed E-state index contributed by atoms with van der Waals surface area (Å²) in [6.07, 6.45) is 2.01. The summed E-state index contributed by atoms with van der Waals surface area (Å²) in [5.41, 5.74) is 5.04. The molecule has 2 rings (SSSR count). The molecule has 106 valence electrons. The summed E-state index contributed by atoms with van der Waals surface area (Å²) in [6.45, 7) is 6.19. The second-order valence-electron chi connectivity index (χ2n) is 4.98. The minimum Gasteiger partial charge on any atom is -0.381 e. The predicted molar refractivity (Wildman–Crippen MR) is 80.8 cm³/mol. The zero-order chi connectivity index (χ0) is 14.7. The molecular formula is C15H20N4O. The van der Waals surface area contributed by atoms with Gasteiger partial charge in [0.25, 0.3) is 0 Å². The fourth-order valence-corrected chi connectivity index (χ4v) is 2.08. The topological polar surface area (TPSA) is 59.0 Å². The van der Waals surface area contributed by atoms with E-state index in [4.69, 9.17) is 0 Å². The van der Waals surface area contributed by atoms with Gasteiger partial charge in [-0.05, 0) is 31.5 Å². The number of hydrogen-bond donors (Lipinski definition) is 2. The Bertz CT molecular complexity index is 631. The molecule has 0 spiro atoms. The number of benzene rings is 1. The molecule has 1 aromatic heterocycles. The van der Waals surface area contributed by atoms with Crippen molar-refractivity contribution in [1.82, 2.24) is 9.78 Å². The maximum absolute atomic E-state index is 11.2. The first-order valence-corrected chi connectivity index (χ1v) is 6.57. The number of hydrogen-bond acceptors (Lipinski definition) is 3. The Balaban J connectivity index is 2.10. The fourth-order valence-electron chi connectivity index (χ4n) is 2.08. The monoisotopic (exact) mass is 272 g/mol. The zero-order valence-electron chi connectivity index (χ0n) is 12.3. The van der Waals surface area contributed by atoms with Crippen molar-refractivity contribution in [3.63, 3.8) is 0 Å². The molecule has 1 aromatic carbocycles. The van der Waals surface area contributed by atoms with Gasteiger partial charge in [0.1, 0.15) is 0 Å². The molecule has 0 fully saturated rings. The molecule has 5 nitrogen and oxygen atoms in total. The van der Waals surface area contributed by atoms with Crippen LogP contribution < -0.4 is 10.6 Å². The molecule has 1 heterocycles. The molecule has 0 bridgehead atoms. The lowest BCUT2D eigenvalue weighted by molar-refractivity contribution is -0.114. The van der Waals surface area contributed by atoms with E-state index >= 15 is 0 Å².